The Kier molecular flexibility index (Phi) is 6.47. The summed E-state index contributed by atoms with van der Waals surface area (Å²) in [7, 11) is -1.38. The highest BCUT2D eigenvalue weighted by atomic mass is 127. The number of aromatic nitrogens is 1. The van der Waals surface area contributed by atoms with Gasteiger partial charge in [-0.15, -0.1) is 24.0 Å². The fraction of sp³-hybridized carbons (Fsp3) is 0.714. The first-order valence-electron chi connectivity index (χ1n) is 7.27. The van der Waals surface area contributed by atoms with E-state index in [2.05, 4.69) is 15.3 Å². The molecule has 132 valence electrons. The van der Waals surface area contributed by atoms with Crippen molar-refractivity contribution in [2.45, 2.75) is 39.0 Å². The lowest BCUT2D eigenvalue weighted by molar-refractivity contribution is 0.350. The Morgan fingerprint density at radius 1 is 1.43 bits per heavy atom. The lowest BCUT2D eigenvalue weighted by atomic mass is 10.2. The molecule has 2 rings (SSSR count). The molecule has 9 heteroatoms. The molecule has 0 bridgehead atoms. The van der Waals surface area contributed by atoms with Crippen LogP contribution in [0.3, 0.4) is 0 Å². The molecule has 0 saturated carbocycles. The van der Waals surface area contributed by atoms with Gasteiger partial charge >= 0.3 is 0 Å². The zero-order valence-corrected chi connectivity index (χ0v) is 17.4. The highest BCUT2D eigenvalue weighted by Gasteiger charge is 2.40. The van der Waals surface area contributed by atoms with Crippen LogP contribution in [0.4, 0.5) is 0 Å². The maximum absolute atomic E-state index is 12.1. The molecule has 0 aromatic carbocycles. The molecule has 23 heavy (non-hydrogen) atoms. The number of nitrogens with zero attached hydrogens (tertiary/aromatic N) is 3. The summed E-state index contributed by atoms with van der Waals surface area (Å²) in [6, 6.07) is 0. The Hall–Kier alpha value is -0.840. The van der Waals surface area contributed by atoms with Gasteiger partial charge in [0.1, 0.15) is 5.76 Å². The van der Waals surface area contributed by atoms with Crippen molar-refractivity contribution in [3.63, 3.8) is 0 Å². The van der Waals surface area contributed by atoms with Crippen LogP contribution >= 0.6 is 24.0 Å². The largest absolute Gasteiger partial charge is 0.444 e. The highest BCUT2D eigenvalue weighted by Crippen LogP contribution is 2.23. The number of oxazole rings is 1. The van der Waals surface area contributed by atoms with Crippen LogP contribution in [0.15, 0.2) is 9.41 Å². The summed E-state index contributed by atoms with van der Waals surface area (Å²) in [5.74, 6) is 2.20. The first kappa shape index (κ1) is 20.2. The van der Waals surface area contributed by atoms with Crippen molar-refractivity contribution < 1.29 is 12.8 Å². The number of guanidine groups is 1. The monoisotopic (exact) mass is 456 g/mol. The Morgan fingerprint density at radius 2 is 2.09 bits per heavy atom. The van der Waals surface area contributed by atoms with Gasteiger partial charge in [0.25, 0.3) is 0 Å². The standard InChI is InChI=1S/C14H24N4O3S.HI/c1-10-11(2)21-12(17-10)8-16-13(15-5)18-6-7-22(19,20)14(3,4)9-18;/h6-9H2,1-5H3,(H,15,16);1H. The summed E-state index contributed by atoms with van der Waals surface area (Å²) in [6.07, 6.45) is 0. The van der Waals surface area contributed by atoms with E-state index in [1.165, 1.54) is 0 Å². The van der Waals surface area contributed by atoms with Gasteiger partial charge in [-0.25, -0.2) is 13.4 Å². The Balaban J connectivity index is 0.00000264. The number of aryl methyl sites for hydroxylation is 2. The second-order valence-electron chi connectivity index (χ2n) is 6.15. The molecular weight excluding hydrogens is 431 g/mol. The van der Waals surface area contributed by atoms with Crippen molar-refractivity contribution in [2.24, 2.45) is 4.99 Å². The summed E-state index contributed by atoms with van der Waals surface area (Å²) >= 11 is 0. The first-order valence-corrected chi connectivity index (χ1v) is 8.92. The van der Waals surface area contributed by atoms with Crippen molar-refractivity contribution in [3.8, 4) is 0 Å². The number of halogens is 1. The second kappa shape index (κ2) is 7.37. The number of nitrogens with one attached hydrogen (secondary N) is 1. The van der Waals surface area contributed by atoms with E-state index in [1.54, 1.807) is 20.9 Å². The quantitative estimate of drug-likeness (QED) is 0.412. The van der Waals surface area contributed by atoms with Crippen LogP contribution in [0, 0.1) is 13.8 Å². The molecule has 1 N–H and O–H groups in total. The molecule has 1 saturated heterocycles. The zero-order valence-electron chi connectivity index (χ0n) is 14.2. The van der Waals surface area contributed by atoms with Crippen molar-refractivity contribution in [1.29, 1.82) is 0 Å². The number of rotatable bonds is 2. The van der Waals surface area contributed by atoms with E-state index in [4.69, 9.17) is 4.42 Å². The molecule has 2 heterocycles. The maximum atomic E-state index is 12.1. The average Bonchev–Trinajstić information content (AvgIpc) is 2.73. The molecule has 0 radical (unpaired) electrons. The van der Waals surface area contributed by atoms with Gasteiger partial charge < -0.3 is 14.6 Å². The fourth-order valence-electron chi connectivity index (χ4n) is 2.43. The molecule has 1 fully saturated rings. The summed E-state index contributed by atoms with van der Waals surface area (Å²) in [5.41, 5.74) is 0.872. The minimum Gasteiger partial charge on any atom is -0.444 e. The van der Waals surface area contributed by atoms with Gasteiger partial charge in [-0.2, -0.15) is 0 Å². The molecule has 0 atom stereocenters. The SMILES string of the molecule is CN=C(NCc1nc(C)c(C)o1)N1CCS(=O)(=O)C(C)(C)C1.I. The van der Waals surface area contributed by atoms with E-state index in [1.807, 2.05) is 18.7 Å². The van der Waals surface area contributed by atoms with Gasteiger partial charge in [0, 0.05) is 20.1 Å². The molecule has 7 nitrogen and oxygen atoms in total. The smallest absolute Gasteiger partial charge is 0.214 e. The molecule has 1 aliphatic rings. The molecule has 1 aliphatic heterocycles. The van der Waals surface area contributed by atoms with Gasteiger partial charge in [0.15, 0.2) is 15.8 Å². The minimum absolute atomic E-state index is 0. The number of hydrogen-bond acceptors (Lipinski definition) is 5. The van der Waals surface area contributed by atoms with Crippen LogP contribution in [0.2, 0.25) is 0 Å². The Morgan fingerprint density at radius 3 is 2.57 bits per heavy atom. The van der Waals surface area contributed by atoms with Crippen molar-refractivity contribution in [2.75, 3.05) is 25.9 Å². The van der Waals surface area contributed by atoms with Crippen LogP contribution in [0.1, 0.15) is 31.2 Å². The number of aliphatic imine (C=N–C) groups is 1. The zero-order chi connectivity index (χ0) is 16.5. The lowest BCUT2D eigenvalue weighted by Gasteiger charge is -2.39. The molecular formula is C14H25IN4O3S. The fourth-order valence-corrected chi connectivity index (χ4v) is 3.79. The van der Waals surface area contributed by atoms with Crippen LogP contribution in [-0.4, -0.2) is 54.9 Å². The minimum atomic E-state index is -3.06. The topological polar surface area (TPSA) is 87.8 Å². The second-order valence-corrected chi connectivity index (χ2v) is 8.89. The van der Waals surface area contributed by atoms with E-state index < -0.39 is 14.6 Å². The van der Waals surface area contributed by atoms with E-state index >= 15 is 0 Å². The van der Waals surface area contributed by atoms with Crippen LogP contribution in [0.5, 0.6) is 0 Å². The lowest BCUT2D eigenvalue weighted by Crippen LogP contribution is -2.57. The molecule has 0 spiro atoms. The average molecular weight is 456 g/mol. The molecule has 0 aliphatic carbocycles. The van der Waals surface area contributed by atoms with E-state index in [0.717, 1.165) is 11.5 Å². The van der Waals surface area contributed by atoms with E-state index in [-0.39, 0.29) is 29.7 Å². The van der Waals surface area contributed by atoms with Gasteiger partial charge in [-0.3, -0.25) is 4.99 Å². The number of sulfone groups is 1. The summed E-state index contributed by atoms with van der Waals surface area (Å²) in [6.45, 7) is 8.55. The van der Waals surface area contributed by atoms with Crippen LogP contribution < -0.4 is 5.32 Å². The third kappa shape index (κ3) is 4.37. The Bertz CT molecular complexity index is 663. The van der Waals surface area contributed by atoms with Crippen LogP contribution in [-0.2, 0) is 16.4 Å². The maximum Gasteiger partial charge on any atom is 0.214 e. The Labute approximate surface area is 154 Å². The molecule has 0 amide bonds. The summed E-state index contributed by atoms with van der Waals surface area (Å²) < 4.78 is 28.9. The first-order chi connectivity index (χ1) is 10.2. The van der Waals surface area contributed by atoms with E-state index in [0.29, 0.717) is 31.5 Å². The third-order valence-corrected chi connectivity index (χ3v) is 6.56. The molecule has 1 aromatic rings. The number of hydrogen-bond donors (Lipinski definition) is 1. The highest BCUT2D eigenvalue weighted by molar-refractivity contribution is 14.0. The van der Waals surface area contributed by atoms with Crippen molar-refractivity contribution in [3.05, 3.63) is 17.3 Å². The van der Waals surface area contributed by atoms with E-state index in [9.17, 15) is 8.42 Å². The van der Waals surface area contributed by atoms with Crippen molar-refractivity contribution >= 4 is 39.8 Å². The predicted molar refractivity (Wildman–Crippen MR) is 101 cm³/mol. The van der Waals surface area contributed by atoms with Crippen molar-refractivity contribution in [1.82, 2.24) is 15.2 Å². The van der Waals surface area contributed by atoms with Gasteiger partial charge in [0.05, 0.1) is 22.7 Å². The van der Waals surface area contributed by atoms with Crippen LogP contribution in [0.25, 0.3) is 0 Å². The molecule has 0 unspecified atom stereocenters. The van der Waals surface area contributed by atoms with Gasteiger partial charge in [-0.05, 0) is 27.7 Å². The summed E-state index contributed by atoms with van der Waals surface area (Å²) in [5, 5.41) is 3.19. The third-order valence-electron chi connectivity index (χ3n) is 4.03. The molecule has 1 aromatic heterocycles. The predicted octanol–water partition coefficient (Wildman–Crippen LogP) is 1.49. The van der Waals surface area contributed by atoms with Gasteiger partial charge in [0.2, 0.25) is 5.89 Å². The van der Waals surface area contributed by atoms with Gasteiger partial charge in [-0.1, -0.05) is 0 Å². The summed E-state index contributed by atoms with van der Waals surface area (Å²) in [4.78, 5) is 10.5. The normalized spacial score (nSPS) is 20.0.